The van der Waals surface area contributed by atoms with E-state index in [9.17, 15) is 0 Å². The summed E-state index contributed by atoms with van der Waals surface area (Å²) in [6.07, 6.45) is 2.32. The third kappa shape index (κ3) is 4.43. The Balaban J connectivity index is 1.50. The van der Waals surface area contributed by atoms with Crippen molar-refractivity contribution in [2.24, 2.45) is 5.92 Å². The van der Waals surface area contributed by atoms with Gasteiger partial charge in [-0.05, 0) is 37.8 Å². The van der Waals surface area contributed by atoms with E-state index < -0.39 is 0 Å². The lowest BCUT2D eigenvalue weighted by Crippen LogP contribution is -2.45. The minimum atomic E-state index is 0.527. The number of nitrogens with zero attached hydrogens (tertiary/aromatic N) is 2. The van der Waals surface area contributed by atoms with Crippen molar-refractivity contribution in [3.05, 3.63) is 24.3 Å². The highest BCUT2D eigenvalue weighted by Gasteiger charge is 2.26. The Morgan fingerprint density at radius 2 is 2.26 bits per heavy atom. The molecule has 1 aromatic carbocycles. The molecule has 126 valence electrons. The number of aromatic nitrogens is 1. The van der Waals surface area contributed by atoms with Crippen LogP contribution < -0.4 is 5.32 Å². The van der Waals surface area contributed by atoms with Crippen molar-refractivity contribution in [2.75, 3.05) is 38.2 Å². The number of para-hydroxylation sites is 1. The van der Waals surface area contributed by atoms with Crippen LogP contribution in [0.5, 0.6) is 0 Å². The zero-order valence-corrected chi connectivity index (χ0v) is 14.9. The van der Waals surface area contributed by atoms with Crippen molar-refractivity contribution < 1.29 is 4.74 Å². The van der Waals surface area contributed by atoms with Crippen LogP contribution in [0.1, 0.15) is 26.7 Å². The molecule has 2 unspecified atom stereocenters. The average Bonchev–Trinajstić information content (AvgIpc) is 2.96. The highest BCUT2D eigenvalue weighted by molar-refractivity contribution is 7.22. The van der Waals surface area contributed by atoms with Gasteiger partial charge in [0, 0.05) is 38.9 Å². The van der Waals surface area contributed by atoms with Gasteiger partial charge in [-0.1, -0.05) is 30.4 Å². The maximum Gasteiger partial charge on any atom is 0.184 e. The van der Waals surface area contributed by atoms with E-state index >= 15 is 0 Å². The quantitative estimate of drug-likeness (QED) is 0.781. The van der Waals surface area contributed by atoms with Gasteiger partial charge in [-0.25, -0.2) is 4.98 Å². The van der Waals surface area contributed by atoms with Crippen LogP contribution in [-0.2, 0) is 4.74 Å². The molecule has 1 fully saturated rings. The highest BCUT2D eigenvalue weighted by atomic mass is 32.1. The van der Waals surface area contributed by atoms with Crippen molar-refractivity contribution >= 4 is 26.7 Å². The largest absolute Gasteiger partial charge is 0.382 e. The fourth-order valence-electron chi connectivity index (χ4n) is 3.28. The van der Waals surface area contributed by atoms with Crippen LogP contribution in [0.15, 0.2) is 24.3 Å². The molecule has 1 aromatic heterocycles. The summed E-state index contributed by atoms with van der Waals surface area (Å²) in [6, 6.07) is 8.88. The van der Waals surface area contributed by atoms with Gasteiger partial charge in [0.15, 0.2) is 5.13 Å². The maximum atomic E-state index is 5.43. The lowest BCUT2D eigenvalue weighted by Gasteiger charge is -2.37. The predicted octanol–water partition coefficient (Wildman–Crippen LogP) is 3.85. The van der Waals surface area contributed by atoms with Crippen LogP contribution in [0.3, 0.4) is 0 Å². The summed E-state index contributed by atoms with van der Waals surface area (Å²) < 4.78 is 6.69. The Morgan fingerprint density at radius 3 is 3.04 bits per heavy atom. The maximum absolute atomic E-state index is 5.43. The Bertz CT molecular complexity index is 582. The zero-order valence-electron chi connectivity index (χ0n) is 14.1. The smallest absolute Gasteiger partial charge is 0.184 e. The van der Waals surface area contributed by atoms with Crippen LogP contribution in [0, 0.1) is 5.92 Å². The molecule has 2 heterocycles. The SMILES string of the molecule is CCOCCCN1CCC(Nc2nc3ccccc3s2)C(C)C1. The first-order valence-electron chi connectivity index (χ1n) is 8.68. The number of piperidine rings is 1. The molecule has 1 N–H and O–H groups in total. The van der Waals surface area contributed by atoms with Gasteiger partial charge in [-0.3, -0.25) is 0 Å². The number of anilines is 1. The predicted molar refractivity (Wildman–Crippen MR) is 98.4 cm³/mol. The molecular weight excluding hydrogens is 306 g/mol. The second-order valence-corrected chi connectivity index (χ2v) is 7.39. The first-order chi connectivity index (χ1) is 11.3. The molecule has 4 nitrogen and oxygen atoms in total. The molecular formula is C18H27N3OS. The second kappa shape index (κ2) is 8.08. The van der Waals surface area contributed by atoms with Gasteiger partial charge < -0.3 is 15.0 Å². The molecule has 0 radical (unpaired) electrons. The number of benzene rings is 1. The number of hydrogen-bond acceptors (Lipinski definition) is 5. The van der Waals surface area contributed by atoms with Crippen LogP contribution in [-0.4, -0.2) is 48.8 Å². The van der Waals surface area contributed by atoms with Gasteiger partial charge in [0.1, 0.15) is 0 Å². The van der Waals surface area contributed by atoms with Crippen molar-refractivity contribution in [1.82, 2.24) is 9.88 Å². The Hall–Kier alpha value is -1.17. The molecule has 1 aliphatic rings. The highest BCUT2D eigenvalue weighted by Crippen LogP contribution is 2.28. The zero-order chi connectivity index (χ0) is 16.1. The number of thiazole rings is 1. The van der Waals surface area contributed by atoms with Crippen molar-refractivity contribution in [1.29, 1.82) is 0 Å². The van der Waals surface area contributed by atoms with Crippen LogP contribution in [0.25, 0.3) is 10.2 Å². The summed E-state index contributed by atoms with van der Waals surface area (Å²) in [7, 11) is 0. The van der Waals surface area contributed by atoms with E-state index in [2.05, 4.69) is 48.3 Å². The monoisotopic (exact) mass is 333 g/mol. The lowest BCUT2D eigenvalue weighted by molar-refractivity contribution is 0.117. The van der Waals surface area contributed by atoms with Crippen LogP contribution >= 0.6 is 11.3 Å². The first kappa shape index (κ1) is 16.7. The van der Waals surface area contributed by atoms with Gasteiger partial charge in [0.2, 0.25) is 0 Å². The van der Waals surface area contributed by atoms with Crippen LogP contribution in [0.4, 0.5) is 5.13 Å². The first-order valence-corrected chi connectivity index (χ1v) is 9.50. The minimum absolute atomic E-state index is 0.527. The van der Waals surface area contributed by atoms with Crippen LogP contribution in [0.2, 0.25) is 0 Å². The molecule has 3 rings (SSSR count). The average molecular weight is 334 g/mol. The van der Waals surface area contributed by atoms with Gasteiger partial charge in [-0.15, -0.1) is 0 Å². The number of fused-ring (bicyclic) bond motifs is 1. The van der Waals surface area contributed by atoms with Crippen molar-refractivity contribution in [2.45, 2.75) is 32.7 Å². The van der Waals surface area contributed by atoms with Crippen molar-refractivity contribution in [3.8, 4) is 0 Å². The van der Waals surface area contributed by atoms with E-state index in [4.69, 9.17) is 9.72 Å². The summed E-state index contributed by atoms with van der Waals surface area (Å²) >= 11 is 1.76. The number of hydrogen-bond donors (Lipinski definition) is 1. The van der Waals surface area contributed by atoms with E-state index in [0.29, 0.717) is 12.0 Å². The fraction of sp³-hybridized carbons (Fsp3) is 0.611. The molecule has 2 aromatic rings. The van der Waals surface area contributed by atoms with E-state index in [1.807, 2.05) is 0 Å². The lowest BCUT2D eigenvalue weighted by atomic mass is 9.94. The third-order valence-corrected chi connectivity index (χ3v) is 5.53. The molecule has 0 bridgehead atoms. The molecule has 0 aliphatic carbocycles. The molecule has 0 spiro atoms. The Morgan fingerprint density at radius 1 is 1.39 bits per heavy atom. The van der Waals surface area contributed by atoms with E-state index in [1.54, 1.807) is 11.3 Å². The number of rotatable bonds is 7. The van der Waals surface area contributed by atoms with E-state index in [1.165, 1.54) is 17.7 Å². The summed E-state index contributed by atoms with van der Waals surface area (Å²) in [5.74, 6) is 0.642. The van der Waals surface area contributed by atoms with E-state index in [0.717, 1.165) is 43.4 Å². The standard InChI is InChI=1S/C18H27N3OS/c1-3-22-12-6-10-21-11-9-15(14(2)13-21)19-18-20-16-7-4-5-8-17(16)23-18/h4-5,7-8,14-15H,3,6,9-13H2,1-2H3,(H,19,20). The topological polar surface area (TPSA) is 37.4 Å². The molecule has 0 saturated carbocycles. The molecule has 2 atom stereocenters. The molecule has 1 saturated heterocycles. The molecule has 0 amide bonds. The van der Waals surface area contributed by atoms with Crippen molar-refractivity contribution in [3.63, 3.8) is 0 Å². The van der Waals surface area contributed by atoms with E-state index in [-0.39, 0.29) is 0 Å². The number of nitrogens with one attached hydrogen (secondary N) is 1. The van der Waals surface area contributed by atoms with Gasteiger partial charge in [-0.2, -0.15) is 0 Å². The molecule has 1 aliphatic heterocycles. The van der Waals surface area contributed by atoms with Gasteiger partial charge >= 0.3 is 0 Å². The molecule has 5 heteroatoms. The summed E-state index contributed by atoms with van der Waals surface area (Å²) in [5.41, 5.74) is 1.10. The number of likely N-dealkylation sites (tertiary alicyclic amines) is 1. The normalized spacial score (nSPS) is 22.5. The second-order valence-electron chi connectivity index (χ2n) is 6.35. The number of ether oxygens (including phenoxy) is 1. The summed E-state index contributed by atoms with van der Waals surface area (Å²) in [4.78, 5) is 7.28. The fourth-order valence-corrected chi connectivity index (χ4v) is 4.20. The minimum Gasteiger partial charge on any atom is -0.382 e. The van der Waals surface area contributed by atoms with Gasteiger partial charge in [0.05, 0.1) is 10.2 Å². The third-order valence-electron chi connectivity index (χ3n) is 4.56. The Kier molecular flexibility index (Phi) is 5.86. The molecule has 23 heavy (non-hydrogen) atoms. The van der Waals surface area contributed by atoms with Gasteiger partial charge in [0.25, 0.3) is 0 Å². The summed E-state index contributed by atoms with van der Waals surface area (Å²) in [6.45, 7) is 9.59. The Labute approximate surface area is 142 Å². The summed E-state index contributed by atoms with van der Waals surface area (Å²) in [5, 5.41) is 4.74.